The summed E-state index contributed by atoms with van der Waals surface area (Å²) in [6.07, 6.45) is 1.81. The minimum absolute atomic E-state index is 0.244. The number of H-pyrrole nitrogens is 1. The lowest BCUT2D eigenvalue weighted by atomic mass is 10.1. The molecule has 0 radical (unpaired) electrons. The molecule has 0 spiro atoms. The number of ketones is 1. The molecule has 0 amide bonds. The number of aryl methyl sites for hydroxylation is 1. The van der Waals surface area contributed by atoms with Crippen LogP contribution in [0, 0.1) is 13.8 Å². The van der Waals surface area contributed by atoms with E-state index in [1.807, 2.05) is 0 Å². The molecule has 0 saturated heterocycles. The second-order valence-corrected chi connectivity index (χ2v) is 4.56. The summed E-state index contributed by atoms with van der Waals surface area (Å²) < 4.78 is 9.67. The smallest absolute Gasteiger partial charge is 0.339 e. The highest BCUT2D eigenvalue weighted by atomic mass is 16.5. The molecule has 0 aromatic carbocycles. The van der Waals surface area contributed by atoms with E-state index in [9.17, 15) is 14.4 Å². The van der Waals surface area contributed by atoms with Gasteiger partial charge in [0, 0.05) is 11.8 Å². The van der Waals surface area contributed by atoms with E-state index in [1.165, 1.54) is 26.2 Å². The fourth-order valence-electron chi connectivity index (χ4n) is 2.01. The Morgan fingerprint density at radius 1 is 1.24 bits per heavy atom. The van der Waals surface area contributed by atoms with Crippen LogP contribution < -0.4 is 0 Å². The summed E-state index contributed by atoms with van der Waals surface area (Å²) in [5, 5.41) is 0. The van der Waals surface area contributed by atoms with Crippen molar-refractivity contribution in [1.29, 1.82) is 0 Å². The fourth-order valence-corrected chi connectivity index (χ4v) is 2.01. The number of nitrogens with one attached hydrogen (secondary N) is 1. The van der Waals surface area contributed by atoms with Crippen LogP contribution in [-0.2, 0) is 14.3 Å². The first-order valence-electron chi connectivity index (χ1n) is 6.48. The quantitative estimate of drug-likeness (QED) is 0.510. The van der Waals surface area contributed by atoms with Crippen LogP contribution in [-0.4, -0.2) is 35.9 Å². The molecule has 1 heterocycles. The highest BCUT2D eigenvalue weighted by Gasteiger charge is 2.26. The van der Waals surface area contributed by atoms with Crippen LogP contribution in [0.2, 0.25) is 0 Å². The second kappa shape index (κ2) is 6.88. The molecule has 0 bridgehead atoms. The van der Waals surface area contributed by atoms with Crippen molar-refractivity contribution in [1.82, 2.24) is 4.98 Å². The molecule has 1 aromatic rings. The zero-order valence-corrected chi connectivity index (χ0v) is 12.8. The summed E-state index contributed by atoms with van der Waals surface area (Å²) in [4.78, 5) is 38.2. The maximum Gasteiger partial charge on any atom is 0.339 e. The highest BCUT2D eigenvalue weighted by molar-refractivity contribution is 6.04. The van der Waals surface area contributed by atoms with Gasteiger partial charge in [0.1, 0.15) is 0 Å². The van der Waals surface area contributed by atoms with Crippen LogP contribution in [0.4, 0.5) is 0 Å². The van der Waals surface area contributed by atoms with Crippen LogP contribution in [0.15, 0.2) is 12.2 Å². The number of carbonyl (C=O) groups is 3. The van der Waals surface area contributed by atoms with Crippen LogP contribution in [0.25, 0.3) is 0 Å². The first-order valence-corrected chi connectivity index (χ1v) is 6.48. The van der Waals surface area contributed by atoms with E-state index in [2.05, 4.69) is 9.72 Å². The molecule has 0 aliphatic rings. The molecule has 0 fully saturated rings. The number of Topliss-reactive ketones (excluding diaryl/α,β-unsaturated/α-hetero) is 1. The largest absolute Gasteiger partial charge is 0.465 e. The van der Waals surface area contributed by atoms with Gasteiger partial charge in [0.25, 0.3) is 0 Å². The van der Waals surface area contributed by atoms with Gasteiger partial charge in [-0.15, -0.1) is 0 Å². The number of esters is 2. The number of rotatable bonds is 5. The summed E-state index contributed by atoms with van der Waals surface area (Å²) >= 11 is 0. The van der Waals surface area contributed by atoms with Gasteiger partial charge < -0.3 is 14.5 Å². The third-order valence-electron chi connectivity index (χ3n) is 3.04. The first-order chi connectivity index (χ1) is 9.83. The second-order valence-electron chi connectivity index (χ2n) is 4.56. The zero-order chi connectivity index (χ0) is 16.2. The Morgan fingerprint density at radius 3 is 2.38 bits per heavy atom. The number of allylic oxidation sites excluding steroid dienone is 1. The predicted molar refractivity (Wildman–Crippen MR) is 76.3 cm³/mol. The van der Waals surface area contributed by atoms with Crippen LogP contribution in [0.5, 0.6) is 0 Å². The van der Waals surface area contributed by atoms with E-state index in [1.54, 1.807) is 20.8 Å². The van der Waals surface area contributed by atoms with Gasteiger partial charge in [-0.1, -0.05) is 6.08 Å². The SMILES string of the molecule is C/C=C/C(=O)OC(C)C(=O)c1[nH]c(C)c(C(=O)OC)c1C. The van der Waals surface area contributed by atoms with Crippen LogP contribution in [0.3, 0.4) is 0 Å². The van der Waals surface area contributed by atoms with Gasteiger partial charge in [0.2, 0.25) is 5.78 Å². The maximum absolute atomic E-state index is 12.3. The summed E-state index contributed by atoms with van der Waals surface area (Å²) in [6.45, 7) is 6.47. The lowest BCUT2D eigenvalue weighted by Gasteiger charge is -2.10. The van der Waals surface area contributed by atoms with Gasteiger partial charge in [0.15, 0.2) is 6.10 Å². The minimum atomic E-state index is -0.948. The van der Waals surface area contributed by atoms with Gasteiger partial charge in [-0.05, 0) is 33.3 Å². The molecule has 1 unspecified atom stereocenters. The Bertz CT molecular complexity index is 597. The number of carbonyl (C=O) groups excluding carboxylic acids is 3. The Morgan fingerprint density at radius 2 is 1.86 bits per heavy atom. The lowest BCUT2D eigenvalue weighted by molar-refractivity contribution is -0.140. The normalized spacial score (nSPS) is 12.2. The predicted octanol–water partition coefficient (Wildman–Crippen LogP) is 2.11. The van der Waals surface area contributed by atoms with E-state index in [0.717, 1.165) is 0 Å². The number of aromatic nitrogens is 1. The third kappa shape index (κ3) is 3.59. The summed E-state index contributed by atoms with van der Waals surface area (Å²) in [5.74, 6) is -1.50. The van der Waals surface area contributed by atoms with Crippen molar-refractivity contribution < 1.29 is 23.9 Å². The molecule has 0 saturated carbocycles. The maximum atomic E-state index is 12.3. The highest BCUT2D eigenvalue weighted by Crippen LogP contribution is 2.20. The Balaban J connectivity index is 3.03. The van der Waals surface area contributed by atoms with Crippen molar-refractivity contribution >= 4 is 17.7 Å². The van der Waals surface area contributed by atoms with E-state index in [4.69, 9.17) is 4.74 Å². The van der Waals surface area contributed by atoms with Gasteiger partial charge >= 0.3 is 11.9 Å². The van der Waals surface area contributed by atoms with Crippen molar-refractivity contribution in [3.05, 3.63) is 34.7 Å². The molecule has 21 heavy (non-hydrogen) atoms. The van der Waals surface area contributed by atoms with E-state index < -0.39 is 23.8 Å². The molecular formula is C15H19NO5. The standard InChI is InChI=1S/C15H19NO5/c1-6-7-11(17)21-10(4)14(18)13-8(2)12(9(3)16-13)15(19)20-5/h6-7,10,16H,1-5H3/b7-6+. The fraction of sp³-hybridized carbons (Fsp3) is 0.400. The van der Waals surface area contributed by atoms with Gasteiger partial charge in [-0.2, -0.15) is 0 Å². The van der Waals surface area contributed by atoms with Crippen molar-refractivity contribution in [3.63, 3.8) is 0 Å². The zero-order valence-electron chi connectivity index (χ0n) is 12.8. The van der Waals surface area contributed by atoms with Crippen molar-refractivity contribution in [2.45, 2.75) is 33.8 Å². The summed E-state index contributed by atoms with van der Waals surface area (Å²) in [5.41, 5.74) is 1.59. The van der Waals surface area contributed by atoms with E-state index in [0.29, 0.717) is 16.8 Å². The number of aromatic amines is 1. The van der Waals surface area contributed by atoms with Gasteiger partial charge in [0.05, 0.1) is 18.4 Å². The summed E-state index contributed by atoms with van der Waals surface area (Å²) in [7, 11) is 1.27. The van der Waals surface area contributed by atoms with Gasteiger partial charge in [-0.3, -0.25) is 4.79 Å². The molecule has 1 N–H and O–H groups in total. The average Bonchev–Trinajstić information content (AvgIpc) is 2.72. The van der Waals surface area contributed by atoms with E-state index in [-0.39, 0.29) is 5.69 Å². The van der Waals surface area contributed by atoms with Crippen molar-refractivity contribution in [2.24, 2.45) is 0 Å². The van der Waals surface area contributed by atoms with Gasteiger partial charge in [-0.25, -0.2) is 9.59 Å². The Labute approximate surface area is 123 Å². The number of hydrogen-bond acceptors (Lipinski definition) is 5. The molecule has 114 valence electrons. The minimum Gasteiger partial charge on any atom is -0.465 e. The third-order valence-corrected chi connectivity index (χ3v) is 3.04. The molecule has 0 aliphatic heterocycles. The molecule has 0 aliphatic carbocycles. The van der Waals surface area contributed by atoms with Crippen molar-refractivity contribution in [2.75, 3.05) is 7.11 Å². The summed E-state index contributed by atoms with van der Waals surface area (Å²) in [6, 6.07) is 0. The molecule has 6 heteroatoms. The molecule has 1 atom stereocenters. The Hall–Kier alpha value is -2.37. The number of hydrogen-bond donors (Lipinski definition) is 1. The Kier molecular flexibility index (Phi) is 5.46. The number of methoxy groups -OCH3 is 1. The van der Waals surface area contributed by atoms with Crippen molar-refractivity contribution in [3.8, 4) is 0 Å². The monoisotopic (exact) mass is 293 g/mol. The topological polar surface area (TPSA) is 85.5 Å². The average molecular weight is 293 g/mol. The lowest BCUT2D eigenvalue weighted by Crippen LogP contribution is -2.24. The number of ether oxygens (including phenoxy) is 2. The molecular weight excluding hydrogens is 274 g/mol. The van der Waals surface area contributed by atoms with Crippen LogP contribution in [0.1, 0.15) is 46.0 Å². The van der Waals surface area contributed by atoms with Crippen LogP contribution >= 0.6 is 0 Å². The molecule has 1 rings (SSSR count). The molecule has 1 aromatic heterocycles. The van der Waals surface area contributed by atoms with E-state index >= 15 is 0 Å². The first kappa shape index (κ1) is 16.7. The molecule has 6 nitrogen and oxygen atoms in total.